The van der Waals surface area contributed by atoms with Crippen LogP contribution in [0.5, 0.6) is 5.75 Å². The van der Waals surface area contributed by atoms with Gasteiger partial charge in [0.15, 0.2) is 6.10 Å². The quantitative estimate of drug-likeness (QED) is 0.878. The minimum Gasteiger partial charge on any atom is -0.481 e. The third kappa shape index (κ3) is 4.47. The van der Waals surface area contributed by atoms with Crippen molar-refractivity contribution >= 4 is 5.91 Å². The number of carbonyl (C=O) groups is 1. The second-order valence-electron chi connectivity index (χ2n) is 6.34. The fourth-order valence-corrected chi connectivity index (χ4v) is 2.63. The van der Waals surface area contributed by atoms with E-state index in [1.807, 2.05) is 13.0 Å². The largest absolute Gasteiger partial charge is 0.481 e. The molecule has 1 aromatic rings. The van der Waals surface area contributed by atoms with Crippen LogP contribution < -0.4 is 10.1 Å². The average molecular weight is 305 g/mol. The number of rotatable bonds is 6. The van der Waals surface area contributed by atoms with Crippen molar-refractivity contribution < 1.29 is 14.3 Å². The molecule has 1 aliphatic heterocycles. The zero-order valence-electron chi connectivity index (χ0n) is 14.0. The summed E-state index contributed by atoms with van der Waals surface area (Å²) < 4.78 is 11.4. The first-order valence-electron chi connectivity index (χ1n) is 8.14. The molecule has 0 aromatic heterocycles. The van der Waals surface area contributed by atoms with Crippen LogP contribution in [0.4, 0.5) is 0 Å². The lowest BCUT2D eigenvalue weighted by Gasteiger charge is -2.20. The van der Waals surface area contributed by atoms with Crippen LogP contribution in [0.2, 0.25) is 0 Å². The zero-order valence-corrected chi connectivity index (χ0v) is 14.0. The van der Waals surface area contributed by atoms with Gasteiger partial charge in [-0.05, 0) is 49.8 Å². The molecule has 2 rings (SSSR count). The lowest BCUT2D eigenvalue weighted by Crippen LogP contribution is -2.40. The van der Waals surface area contributed by atoms with Gasteiger partial charge < -0.3 is 14.8 Å². The van der Waals surface area contributed by atoms with E-state index in [4.69, 9.17) is 9.47 Å². The fourth-order valence-electron chi connectivity index (χ4n) is 2.63. The molecule has 1 N–H and O–H groups in total. The Labute approximate surface area is 133 Å². The van der Waals surface area contributed by atoms with E-state index in [-0.39, 0.29) is 12.0 Å². The molecule has 1 fully saturated rings. The number of aryl methyl sites for hydroxylation is 1. The van der Waals surface area contributed by atoms with Gasteiger partial charge >= 0.3 is 0 Å². The first kappa shape index (κ1) is 16.8. The summed E-state index contributed by atoms with van der Waals surface area (Å²) in [4.78, 5) is 12.2. The average Bonchev–Trinajstić information content (AvgIpc) is 2.97. The summed E-state index contributed by atoms with van der Waals surface area (Å²) in [6.45, 7) is 9.43. The summed E-state index contributed by atoms with van der Waals surface area (Å²) in [5, 5.41) is 2.92. The van der Waals surface area contributed by atoms with Crippen LogP contribution in [0.15, 0.2) is 18.2 Å². The van der Waals surface area contributed by atoms with Crippen LogP contribution in [0.3, 0.4) is 0 Å². The van der Waals surface area contributed by atoms with E-state index < -0.39 is 6.10 Å². The highest BCUT2D eigenvalue weighted by molar-refractivity contribution is 5.80. The lowest BCUT2D eigenvalue weighted by molar-refractivity contribution is -0.127. The van der Waals surface area contributed by atoms with E-state index in [9.17, 15) is 4.79 Å². The fraction of sp³-hybridized carbons (Fsp3) is 0.611. The summed E-state index contributed by atoms with van der Waals surface area (Å²) in [5.41, 5.74) is 2.26. The highest BCUT2D eigenvalue weighted by atomic mass is 16.5. The van der Waals surface area contributed by atoms with Gasteiger partial charge in [-0.2, -0.15) is 0 Å². The summed E-state index contributed by atoms with van der Waals surface area (Å²) in [7, 11) is 0. The molecule has 0 radical (unpaired) electrons. The van der Waals surface area contributed by atoms with Gasteiger partial charge in [-0.1, -0.05) is 26.0 Å². The molecule has 122 valence electrons. The Morgan fingerprint density at radius 1 is 1.41 bits per heavy atom. The molecule has 1 heterocycles. The van der Waals surface area contributed by atoms with E-state index in [2.05, 4.69) is 31.3 Å². The van der Waals surface area contributed by atoms with Gasteiger partial charge in [0.25, 0.3) is 5.91 Å². The molecule has 0 saturated carbocycles. The molecule has 0 bridgehead atoms. The molecule has 4 nitrogen and oxygen atoms in total. The van der Waals surface area contributed by atoms with Gasteiger partial charge in [-0.25, -0.2) is 0 Å². The predicted octanol–water partition coefficient (Wildman–Crippen LogP) is 3.18. The Morgan fingerprint density at radius 2 is 2.18 bits per heavy atom. The number of hydrogen-bond acceptors (Lipinski definition) is 3. The van der Waals surface area contributed by atoms with Crippen LogP contribution in [0, 0.1) is 6.92 Å². The van der Waals surface area contributed by atoms with Crippen molar-refractivity contribution in [3.05, 3.63) is 29.3 Å². The number of benzene rings is 1. The molecule has 4 heteroatoms. The molecular formula is C18H27NO3. The topological polar surface area (TPSA) is 47.6 Å². The molecule has 1 saturated heterocycles. The number of carbonyl (C=O) groups excluding carboxylic acids is 1. The van der Waals surface area contributed by atoms with Crippen molar-refractivity contribution in [1.29, 1.82) is 0 Å². The number of ether oxygens (including phenoxy) is 2. The molecule has 1 aliphatic rings. The maximum absolute atomic E-state index is 12.2. The van der Waals surface area contributed by atoms with Gasteiger partial charge in [0.2, 0.25) is 0 Å². The Hall–Kier alpha value is -1.55. The van der Waals surface area contributed by atoms with Crippen molar-refractivity contribution in [2.45, 2.75) is 58.7 Å². The van der Waals surface area contributed by atoms with Crippen molar-refractivity contribution in [3.63, 3.8) is 0 Å². The second kappa shape index (κ2) is 7.63. The highest BCUT2D eigenvalue weighted by Crippen LogP contribution is 2.28. The molecule has 22 heavy (non-hydrogen) atoms. The van der Waals surface area contributed by atoms with Gasteiger partial charge in [-0.3, -0.25) is 4.79 Å². The monoisotopic (exact) mass is 305 g/mol. The van der Waals surface area contributed by atoms with E-state index in [1.54, 1.807) is 6.92 Å². The first-order valence-corrected chi connectivity index (χ1v) is 8.14. The second-order valence-corrected chi connectivity index (χ2v) is 6.34. The van der Waals surface area contributed by atoms with E-state index >= 15 is 0 Å². The Morgan fingerprint density at radius 3 is 2.82 bits per heavy atom. The van der Waals surface area contributed by atoms with Crippen molar-refractivity contribution in [1.82, 2.24) is 5.32 Å². The van der Waals surface area contributed by atoms with E-state index in [1.165, 1.54) is 0 Å². The minimum absolute atomic E-state index is 0.0910. The normalized spacial score (nSPS) is 19.2. The molecule has 2 atom stereocenters. The Bertz CT molecular complexity index is 507. The maximum atomic E-state index is 12.2. The van der Waals surface area contributed by atoms with Crippen molar-refractivity contribution in [2.75, 3.05) is 13.2 Å². The molecule has 1 aromatic carbocycles. The van der Waals surface area contributed by atoms with Gasteiger partial charge in [0.1, 0.15) is 5.75 Å². The van der Waals surface area contributed by atoms with Crippen LogP contribution in [0.1, 0.15) is 50.7 Å². The zero-order chi connectivity index (χ0) is 16.1. The number of amides is 1. The standard InChI is InChI=1S/C18H27NO3/c1-12(2)16-8-7-13(3)10-17(16)22-14(4)18(20)19-11-15-6-5-9-21-15/h7-8,10,12,14-15H,5-6,9,11H2,1-4H3,(H,19,20). The van der Waals surface area contributed by atoms with Gasteiger partial charge in [-0.15, -0.1) is 0 Å². The maximum Gasteiger partial charge on any atom is 0.260 e. The third-order valence-corrected chi connectivity index (χ3v) is 3.99. The minimum atomic E-state index is -0.513. The van der Waals surface area contributed by atoms with E-state index in [0.29, 0.717) is 12.5 Å². The number of hydrogen-bond donors (Lipinski definition) is 1. The van der Waals surface area contributed by atoms with Crippen LogP contribution in [-0.4, -0.2) is 31.3 Å². The van der Waals surface area contributed by atoms with Crippen LogP contribution >= 0.6 is 0 Å². The van der Waals surface area contributed by atoms with Crippen molar-refractivity contribution in [2.24, 2.45) is 0 Å². The van der Waals surface area contributed by atoms with E-state index in [0.717, 1.165) is 36.3 Å². The van der Waals surface area contributed by atoms with Crippen LogP contribution in [-0.2, 0) is 9.53 Å². The predicted molar refractivity (Wildman–Crippen MR) is 87.3 cm³/mol. The lowest BCUT2D eigenvalue weighted by atomic mass is 10.0. The summed E-state index contributed by atoms with van der Waals surface area (Å²) in [5.74, 6) is 1.07. The molecule has 0 aliphatic carbocycles. The van der Waals surface area contributed by atoms with Crippen molar-refractivity contribution in [3.8, 4) is 5.75 Å². The molecule has 0 spiro atoms. The smallest absolute Gasteiger partial charge is 0.260 e. The van der Waals surface area contributed by atoms with Gasteiger partial charge in [0.05, 0.1) is 6.10 Å². The Kier molecular flexibility index (Phi) is 5.83. The van der Waals surface area contributed by atoms with Gasteiger partial charge in [0, 0.05) is 13.2 Å². The molecule has 1 amide bonds. The first-order chi connectivity index (χ1) is 10.5. The molecule has 2 unspecified atom stereocenters. The summed E-state index contributed by atoms with van der Waals surface area (Å²) in [6.07, 6.45) is 1.74. The summed E-state index contributed by atoms with van der Waals surface area (Å²) in [6, 6.07) is 6.15. The third-order valence-electron chi connectivity index (χ3n) is 3.99. The Balaban J connectivity index is 1.94. The van der Waals surface area contributed by atoms with Crippen LogP contribution in [0.25, 0.3) is 0 Å². The highest BCUT2D eigenvalue weighted by Gasteiger charge is 2.20. The number of nitrogens with one attached hydrogen (secondary N) is 1. The molecular weight excluding hydrogens is 278 g/mol. The summed E-state index contributed by atoms with van der Waals surface area (Å²) >= 11 is 0. The SMILES string of the molecule is Cc1ccc(C(C)C)c(OC(C)C(=O)NCC2CCCO2)c1.